The molecule has 2 N–H and O–H groups in total. The summed E-state index contributed by atoms with van der Waals surface area (Å²) in [6, 6.07) is 8.95. The van der Waals surface area contributed by atoms with Crippen LogP contribution in [0.5, 0.6) is 0 Å². The van der Waals surface area contributed by atoms with E-state index in [2.05, 4.69) is 26.6 Å². The molecular formula is C13H12BrClN2OS. The van der Waals surface area contributed by atoms with Gasteiger partial charge in [0.05, 0.1) is 16.8 Å². The number of benzene rings is 1. The summed E-state index contributed by atoms with van der Waals surface area (Å²) in [7, 11) is 0. The summed E-state index contributed by atoms with van der Waals surface area (Å²) in [5, 5.41) is 8.07. The smallest absolute Gasteiger partial charge is 0.319 e. The van der Waals surface area contributed by atoms with Crippen LogP contribution in [0.25, 0.3) is 0 Å². The zero-order chi connectivity index (χ0) is 13.8. The third kappa shape index (κ3) is 3.96. The van der Waals surface area contributed by atoms with Crippen LogP contribution in [0.2, 0.25) is 5.02 Å². The predicted molar refractivity (Wildman–Crippen MR) is 84.0 cm³/mol. The topological polar surface area (TPSA) is 41.1 Å². The minimum absolute atomic E-state index is 0.0331. The Morgan fingerprint density at radius 2 is 2.21 bits per heavy atom. The molecule has 1 aromatic carbocycles. The average molecular weight is 360 g/mol. The quantitative estimate of drug-likeness (QED) is 0.791. The number of hydrogen-bond donors (Lipinski definition) is 2. The third-order valence-corrected chi connectivity index (χ3v) is 4.36. The average Bonchev–Trinajstić information content (AvgIpc) is 2.86. The van der Waals surface area contributed by atoms with E-state index >= 15 is 0 Å². The highest BCUT2D eigenvalue weighted by molar-refractivity contribution is 9.10. The van der Waals surface area contributed by atoms with Crippen LogP contribution in [0.1, 0.15) is 17.8 Å². The first-order valence-corrected chi connectivity index (χ1v) is 7.67. The summed E-state index contributed by atoms with van der Waals surface area (Å²) in [6.07, 6.45) is 0. The fourth-order valence-electron chi connectivity index (χ4n) is 1.55. The number of anilines is 1. The molecule has 19 heavy (non-hydrogen) atoms. The Morgan fingerprint density at radius 3 is 2.84 bits per heavy atom. The van der Waals surface area contributed by atoms with Crippen molar-refractivity contribution >= 4 is 50.6 Å². The molecule has 100 valence electrons. The second-order valence-corrected chi connectivity index (χ2v) is 6.26. The van der Waals surface area contributed by atoms with E-state index in [1.54, 1.807) is 23.5 Å². The van der Waals surface area contributed by atoms with E-state index in [1.165, 1.54) is 0 Å². The number of halogens is 2. The summed E-state index contributed by atoms with van der Waals surface area (Å²) >= 11 is 11.0. The number of rotatable bonds is 3. The van der Waals surface area contributed by atoms with Crippen LogP contribution in [0.4, 0.5) is 10.5 Å². The number of urea groups is 1. The Hall–Kier alpha value is -1.04. The van der Waals surface area contributed by atoms with Gasteiger partial charge < -0.3 is 10.6 Å². The molecule has 0 radical (unpaired) electrons. The molecule has 0 saturated carbocycles. The van der Waals surface area contributed by atoms with Crippen molar-refractivity contribution in [2.24, 2.45) is 0 Å². The molecule has 0 fully saturated rings. The first-order chi connectivity index (χ1) is 9.06. The summed E-state index contributed by atoms with van der Waals surface area (Å²) in [5.74, 6) is 0. The van der Waals surface area contributed by atoms with Crippen molar-refractivity contribution in [2.75, 3.05) is 5.32 Å². The summed E-state index contributed by atoms with van der Waals surface area (Å²) < 4.78 is 0.871. The normalized spacial score (nSPS) is 11.9. The maximum Gasteiger partial charge on any atom is 0.319 e. The molecule has 0 aliphatic rings. The second-order valence-electron chi connectivity index (χ2n) is 3.96. The highest BCUT2D eigenvalue weighted by atomic mass is 79.9. The van der Waals surface area contributed by atoms with Gasteiger partial charge in [-0.05, 0) is 36.6 Å². The van der Waals surface area contributed by atoms with Crippen LogP contribution in [0.3, 0.4) is 0 Å². The number of amides is 2. The van der Waals surface area contributed by atoms with Gasteiger partial charge in [-0.2, -0.15) is 0 Å². The Balaban J connectivity index is 1.98. The van der Waals surface area contributed by atoms with Crippen LogP contribution in [0.15, 0.2) is 40.2 Å². The van der Waals surface area contributed by atoms with E-state index in [4.69, 9.17) is 11.6 Å². The van der Waals surface area contributed by atoms with Gasteiger partial charge in [0.1, 0.15) is 0 Å². The summed E-state index contributed by atoms with van der Waals surface area (Å²) in [6.45, 7) is 1.94. The molecule has 1 aromatic heterocycles. The molecule has 6 heteroatoms. The van der Waals surface area contributed by atoms with Gasteiger partial charge in [0.2, 0.25) is 0 Å². The van der Waals surface area contributed by atoms with Gasteiger partial charge in [-0.3, -0.25) is 0 Å². The van der Waals surface area contributed by atoms with Crippen molar-refractivity contribution < 1.29 is 4.79 Å². The van der Waals surface area contributed by atoms with Gasteiger partial charge in [0.15, 0.2) is 0 Å². The highest BCUT2D eigenvalue weighted by Crippen LogP contribution is 2.26. The van der Waals surface area contributed by atoms with E-state index in [9.17, 15) is 4.79 Å². The van der Waals surface area contributed by atoms with Crippen molar-refractivity contribution in [3.8, 4) is 0 Å². The van der Waals surface area contributed by atoms with Crippen molar-refractivity contribution in [1.29, 1.82) is 0 Å². The second kappa shape index (κ2) is 6.41. The molecule has 1 atom stereocenters. The maximum atomic E-state index is 11.9. The van der Waals surface area contributed by atoms with Crippen LogP contribution >= 0.6 is 38.9 Å². The molecule has 2 aromatic rings. The van der Waals surface area contributed by atoms with Gasteiger partial charge in [0.25, 0.3) is 0 Å². The number of carbonyl (C=O) groups excluding carboxylic acids is 1. The molecule has 0 unspecified atom stereocenters. The minimum atomic E-state index is -0.273. The molecule has 0 bridgehead atoms. The van der Waals surface area contributed by atoms with Crippen LogP contribution < -0.4 is 10.6 Å². The molecule has 2 amide bonds. The Kier molecular flexibility index (Phi) is 4.85. The SMILES string of the molecule is C[C@@H](NC(=O)Nc1ccc(Br)cc1Cl)c1cccs1. The molecular weight excluding hydrogens is 348 g/mol. The first-order valence-electron chi connectivity index (χ1n) is 5.62. The highest BCUT2D eigenvalue weighted by Gasteiger charge is 2.11. The lowest BCUT2D eigenvalue weighted by atomic mass is 10.3. The van der Waals surface area contributed by atoms with E-state index in [0.29, 0.717) is 10.7 Å². The Morgan fingerprint density at radius 1 is 1.42 bits per heavy atom. The third-order valence-electron chi connectivity index (χ3n) is 2.50. The van der Waals surface area contributed by atoms with Gasteiger partial charge >= 0.3 is 6.03 Å². The van der Waals surface area contributed by atoms with Gasteiger partial charge in [-0.1, -0.05) is 33.6 Å². The summed E-state index contributed by atoms with van der Waals surface area (Å²) in [5.41, 5.74) is 0.584. The number of thiophene rings is 1. The van der Waals surface area contributed by atoms with Crippen molar-refractivity contribution in [1.82, 2.24) is 5.32 Å². The van der Waals surface area contributed by atoms with Crippen molar-refractivity contribution in [2.45, 2.75) is 13.0 Å². The zero-order valence-corrected chi connectivity index (χ0v) is 13.3. The molecule has 0 aliphatic heterocycles. The molecule has 2 rings (SSSR count). The minimum Gasteiger partial charge on any atom is -0.331 e. The van der Waals surface area contributed by atoms with Crippen molar-refractivity contribution in [3.63, 3.8) is 0 Å². The standard InChI is InChI=1S/C13H12BrClN2OS/c1-8(12-3-2-6-19-12)16-13(18)17-11-5-4-9(14)7-10(11)15/h2-8H,1H3,(H2,16,17,18)/t8-/m1/s1. The van der Waals surface area contributed by atoms with Crippen molar-refractivity contribution in [3.05, 3.63) is 50.1 Å². The Labute approximate surface area is 129 Å². The number of hydrogen-bond acceptors (Lipinski definition) is 2. The van der Waals surface area contributed by atoms with Gasteiger partial charge in [-0.25, -0.2) is 4.79 Å². The maximum absolute atomic E-state index is 11.9. The molecule has 0 aliphatic carbocycles. The van der Waals surface area contributed by atoms with E-state index < -0.39 is 0 Å². The summed E-state index contributed by atoms with van der Waals surface area (Å²) in [4.78, 5) is 13.0. The monoisotopic (exact) mass is 358 g/mol. The fourth-order valence-corrected chi connectivity index (χ4v) is 3.01. The molecule has 3 nitrogen and oxygen atoms in total. The number of carbonyl (C=O) groups is 1. The predicted octanol–water partition coefficient (Wildman–Crippen LogP) is 5.05. The molecule has 1 heterocycles. The van der Waals surface area contributed by atoms with E-state index in [1.807, 2.05) is 30.5 Å². The fraction of sp³-hybridized carbons (Fsp3) is 0.154. The lowest BCUT2D eigenvalue weighted by Crippen LogP contribution is -2.30. The van der Waals surface area contributed by atoms with Gasteiger partial charge in [-0.15, -0.1) is 11.3 Å². The number of nitrogens with one attached hydrogen (secondary N) is 2. The Bertz CT molecular complexity index is 574. The van der Waals surface area contributed by atoms with Crippen LogP contribution in [-0.4, -0.2) is 6.03 Å². The largest absolute Gasteiger partial charge is 0.331 e. The lowest BCUT2D eigenvalue weighted by Gasteiger charge is -2.14. The zero-order valence-electron chi connectivity index (χ0n) is 10.1. The van der Waals surface area contributed by atoms with Crippen LogP contribution in [-0.2, 0) is 0 Å². The van der Waals surface area contributed by atoms with Crippen LogP contribution in [0, 0.1) is 0 Å². The van der Waals surface area contributed by atoms with E-state index in [-0.39, 0.29) is 12.1 Å². The molecule has 0 saturated heterocycles. The van der Waals surface area contributed by atoms with E-state index in [0.717, 1.165) is 9.35 Å². The lowest BCUT2D eigenvalue weighted by molar-refractivity contribution is 0.249. The van der Waals surface area contributed by atoms with Gasteiger partial charge in [0, 0.05) is 9.35 Å². The first kappa shape index (κ1) is 14.4. The molecule has 0 spiro atoms.